The highest BCUT2D eigenvalue weighted by molar-refractivity contribution is 5.82. The molecule has 44 heteroatoms. The van der Waals surface area contributed by atoms with E-state index in [1.165, 1.54) is 23.6 Å². The Labute approximate surface area is 431 Å². The topological polar surface area (TPSA) is 348 Å². The van der Waals surface area contributed by atoms with Gasteiger partial charge in [0.1, 0.15) is 6.29 Å². The highest BCUT2D eigenvalue weighted by Crippen LogP contribution is 2.39. The fourth-order valence-corrected chi connectivity index (χ4v) is 4.92. The lowest BCUT2D eigenvalue weighted by Crippen LogP contribution is -2.13. The fourth-order valence-electron chi connectivity index (χ4n) is 4.92. The molecule has 0 radical (unpaired) electrons. The van der Waals surface area contributed by atoms with Crippen molar-refractivity contribution in [2.45, 2.75) is 43.6 Å². The van der Waals surface area contributed by atoms with Crippen LogP contribution < -0.4 is 22.5 Å². The number of aromatic amines is 1. The number of alkyl halides is 18. The minimum Gasteiger partial charge on any atom is -0.367 e. The van der Waals surface area contributed by atoms with Gasteiger partial charge in [-0.05, 0) is 97.0 Å². The van der Waals surface area contributed by atoms with Crippen LogP contribution in [0.1, 0.15) is 54.9 Å². The van der Waals surface area contributed by atoms with Crippen LogP contribution >= 0.6 is 0 Å². The number of carbonyl (C=O) groups excluding carboxylic acids is 1. The van der Waals surface area contributed by atoms with Gasteiger partial charge in [0.2, 0.25) is 5.95 Å². The Bertz CT molecular complexity index is 3090. The zero-order chi connectivity index (χ0) is 60.6. The maximum absolute atomic E-state index is 12.7. The van der Waals surface area contributed by atoms with Gasteiger partial charge in [0.15, 0.2) is 0 Å². The second-order valence-corrected chi connectivity index (χ2v) is 14.6. The number of aldehydes is 1. The molecule has 0 unspecified atom stereocenters. The lowest BCUT2D eigenvalue weighted by Gasteiger charge is -2.14. The second-order valence-electron chi connectivity index (χ2n) is 14.6. The first kappa shape index (κ1) is 64.6. The average molecular weight is 1170 g/mol. The first-order chi connectivity index (χ1) is 36.7. The highest BCUT2D eigenvalue weighted by Gasteiger charge is 2.39. The van der Waals surface area contributed by atoms with Crippen LogP contribution in [0.15, 0.2) is 59.6 Å². The number of nitrogens with one attached hydrogen (secondary N) is 2. The van der Waals surface area contributed by atoms with E-state index in [9.17, 15) is 83.8 Å². The molecule has 0 saturated heterocycles. The lowest BCUT2D eigenvalue weighted by molar-refractivity contribution is -0.144. The van der Waals surface area contributed by atoms with Gasteiger partial charge in [0.25, 0.3) is 23.8 Å². The Balaban J connectivity index is 0.000000270. The Morgan fingerprint density at radius 2 is 0.938 bits per heavy atom. The number of nitrogens with two attached hydrogens (primary N) is 3. The van der Waals surface area contributed by atoms with Gasteiger partial charge in [-0.15, -0.1) is 20.4 Å². The number of aryl methyl sites for hydroxylation is 4. The Hall–Kier alpha value is -9.71. The van der Waals surface area contributed by atoms with E-state index >= 15 is 0 Å². The van der Waals surface area contributed by atoms with Crippen molar-refractivity contribution in [3.63, 3.8) is 0 Å². The molecule has 26 nitrogen and oxygen atoms in total. The van der Waals surface area contributed by atoms with Crippen molar-refractivity contribution in [1.29, 1.82) is 0 Å². The normalized spacial score (nSPS) is 11.8. The molecular weight excluding hydrogens is 1140 g/mol. The number of rotatable bonds is 6. The molecule has 0 saturated carbocycles. The molecule has 0 atom stereocenters. The molecule has 80 heavy (non-hydrogen) atoms. The summed E-state index contributed by atoms with van der Waals surface area (Å²) >= 11 is 0. The standard InChI is InChI=1S/C11H9F6N5.C11H7F6N5.C9H4F6O.2C2H5N5.CH3N5/c2*1-22-20-9(19-21-22)18-5-6-2-7(10(12,13)14)4-8(3-6)11(15,16)17;10-8(11,12)6-1-5(4-16)2-7(3-6)9(13,14)15;1-7-2(3)4-5-6-7;1-7-5-2(3)4-6-7;2-1-3-5-6-4-1/h2-4H,5H2,1H3,(H,18,20);2-5H,1H3;1-4H;1H3,(H2,3,4,6);1H3,(H2,3,5);(H3,2,3,4,5,6). The SMILES string of the molecule is Cn1nnc(N)n1.Cn1nnc(N=Cc2cc(C(F)(F)F)cc(C(F)(F)F)c2)n1.Cn1nnc(NCc2cc(C(F)(F)F)cc(C(F)(F)F)c2)n1.Cn1nnnc1N.Nc1nn[nH]n1.O=Cc1cc(C(F)(F)F)cc(C(F)(F)F)c1. The highest BCUT2D eigenvalue weighted by atomic mass is 19.4. The third kappa shape index (κ3) is 22.1. The van der Waals surface area contributed by atoms with Crippen LogP contribution in [0.3, 0.4) is 0 Å². The number of halogens is 18. The maximum atomic E-state index is 12.7. The van der Waals surface area contributed by atoms with Crippen LogP contribution in [0.2, 0.25) is 0 Å². The molecule has 434 valence electrons. The fraction of sp³-hybridized carbons (Fsp3) is 0.306. The van der Waals surface area contributed by atoms with E-state index in [0.717, 1.165) is 15.8 Å². The molecule has 0 amide bonds. The molecule has 8 aromatic rings. The van der Waals surface area contributed by atoms with Crippen molar-refractivity contribution in [3.05, 3.63) is 105 Å². The van der Waals surface area contributed by atoms with Crippen molar-refractivity contribution in [2.24, 2.45) is 33.2 Å². The summed E-state index contributed by atoms with van der Waals surface area (Å²) in [4.78, 5) is 17.2. The van der Waals surface area contributed by atoms with Gasteiger partial charge in [-0.3, -0.25) is 4.79 Å². The van der Waals surface area contributed by atoms with Gasteiger partial charge in [-0.1, -0.05) is 25.5 Å². The summed E-state index contributed by atoms with van der Waals surface area (Å²) in [6.45, 7) is -0.307. The van der Waals surface area contributed by atoms with Crippen LogP contribution in [0.25, 0.3) is 0 Å². The van der Waals surface area contributed by atoms with Gasteiger partial charge < -0.3 is 22.5 Å². The number of H-pyrrole nitrogens is 1. The number of hydrogen-bond donors (Lipinski definition) is 5. The summed E-state index contributed by atoms with van der Waals surface area (Å²) in [6.07, 6.45) is -28.7. The molecule has 0 aliphatic heterocycles. The molecule has 0 fully saturated rings. The summed E-state index contributed by atoms with van der Waals surface area (Å²) in [6, 6.07) is 3.18. The number of benzene rings is 3. The van der Waals surface area contributed by atoms with Crippen LogP contribution in [-0.2, 0) is 71.8 Å². The van der Waals surface area contributed by atoms with Crippen LogP contribution in [-0.4, -0.2) is 114 Å². The summed E-state index contributed by atoms with van der Waals surface area (Å²) in [5.41, 5.74) is 5.39. The van der Waals surface area contributed by atoms with E-state index < -0.39 is 76.0 Å². The summed E-state index contributed by atoms with van der Waals surface area (Å²) in [5, 5.41) is 56.2. The van der Waals surface area contributed by atoms with Gasteiger partial charge in [0, 0.05) is 25.4 Å². The number of nitrogens with zero attached hydrogens (tertiary/aromatic N) is 20. The summed E-state index contributed by atoms with van der Waals surface area (Å²) in [5.74, 6) is 0.527. The van der Waals surface area contributed by atoms with Crippen molar-refractivity contribution >= 4 is 42.2 Å². The number of tetrazole rings is 5. The first-order valence-corrected chi connectivity index (χ1v) is 20.3. The number of aliphatic imine (C=N–C) groups is 1. The van der Waals surface area contributed by atoms with E-state index in [0.29, 0.717) is 42.3 Å². The zero-order valence-corrected chi connectivity index (χ0v) is 39.9. The third-order valence-electron chi connectivity index (χ3n) is 8.33. The summed E-state index contributed by atoms with van der Waals surface area (Å²) in [7, 11) is 6.22. The number of nitrogen functional groups attached to an aromatic ring is 3. The smallest absolute Gasteiger partial charge is 0.367 e. The average Bonchev–Trinajstić information content (AvgIpc) is 4.23. The number of carbonyl (C=O) groups is 1. The van der Waals surface area contributed by atoms with Gasteiger partial charge in [-0.25, -0.2) is 9.67 Å². The molecule has 0 bridgehead atoms. The van der Waals surface area contributed by atoms with Crippen molar-refractivity contribution in [3.8, 4) is 0 Å². The van der Waals surface area contributed by atoms with Crippen molar-refractivity contribution < 1.29 is 83.8 Å². The quantitative estimate of drug-likeness (QED) is 0.0750. The van der Waals surface area contributed by atoms with Crippen molar-refractivity contribution in [2.75, 3.05) is 22.5 Å². The number of aromatic nitrogens is 20. The van der Waals surface area contributed by atoms with Crippen LogP contribution in [0.4, 0.5) is 109 Å². The Kier molecular flexibility index (Phi) is 21.4. The molecule has 8 rings (SSSR count). The molecule has 0 spiro atoms. The first-order valence-electron chi connectivity index (χ1n) is 20.3. The van der Waals surface area contributed by atoms with Crippen LogP contribution in [0.5, 0.6) is 0 Å². The molecule has 3 aromatic carbocycles. The van der Waals surface area contributed by atoms with Gasteiger partial charge in [-0.2, -0.15) is 98.6 Å². The Morgan fingerprint density at radius 1 is 0.512 bits per heavy atom. The Morgan fingerprint density at radius 3 is 1.21 bits per heavy atom. The zero-order valence-electron chi connectivity index (χ0n) is 39.9. The van der Waals surface area contributed by atoms with Gasteiger partial charge >= 0.3 is 37.1 Å². The minimum atomic E-state index is -4.92. The number of anilines is 4. The monoisotopic (exact) mass is 1170 g/mol. The summed E-state index contributed by atoms with van der Waals surface area (Å²) < 4.78 is 227. The van der Waals surface area contributed by atoms with Crippen LogP contribution in [0, 0.1) is 0 Å². The molecule has 5 heterocycles. The van der Waals surface area contributed by atoms with E-state index in [-0.39, 0.29) is 66.0 Å². The molecule has 0 aliphatic rings. The second kappa shape index (κ2) is 26.6. The lowest BCUT2D eigenvalue weighted by atomic mass is 10.0. The van der Waals surface area contributed by atoms with Crippen molar-refractivity contribution in [1.82, 2.24) is 101 Å². The predicted octanol–water partition coefficient (Wildman–Crippen LogP) is 5.76. The maximum Gasteiger partial charge on any atom is 0.416 e. The van der Waals surface area contributed by atoms with E-state index in [2.05, 4.69) is 92.7 Å². The molecule has 0 aliphatic carbocycles. The molecule has 8 N–H and O–H groups in total. The molecular formula is C36H33F18N25O. The van der Waals surface area contributed by atoms with E-state index in [4.69, 9.17) is 17.2 Å². The largest absolute Gasteiger partial charge is 0.416 e. The third-order valence-corrected chi connectivity index (χ3v) is 8.33. The molecule has 5 aromatic heterocycles. The number of hydrogen-bond acceptors (Lipinski definition) is 21. The van der Waals surface area contributed by atoms with E-state index in [1.807, 2.05) is 0 Å². The minimum absolute atomic E-state index is 0.00605. The van der Waals surface area contributed by atoms with E-state index in [1.54, 1.807) is 14.1 Å². The van der Waals surface area contributed by atoms with Gasteiger partial charge in [0.05, 0.1) is 54.5 Å². The predicted molar refractivity (Wildman–Crippen MR) is 232 cm³/mol.